The number of carbonyl (C=O) groups excluding carboxylic acids is 1. The number of alkyl halides is 2. The van der Waals surface area contributed by atoms with Crippen LogP contribution in [-0.4, -0.2) is 40.9 Å². The van der Waals surface area contributed by atoms with E-state index in [2.05, 4.69) is 25.8 Å². The van der Waals surface area contributed by atoms with Crippen LogP contribution in [0.25, 0.3) is 10.9 Å². The normalized spacial score (nSPS) is 18.4. The van der Waals surface area contributed by atoms with Gasteiger partial charge in [0.05, 0.1) is 29.8 Å². The zero-order chi connectivity index (χ0) is 20.6. The predicted octanol–water partition coefficient (Wildman–Crippen LogP) is 3.73. The summed E-state index contributed by atoms with van der Waals surface area (Å²) in [5, 5.41) is 12.5. The largest absolute Gasteiger partial charge is 0.382 e. The molecular weight excluding hydrogens is 387 g/mol. The molecule has 1 aromatic carbocycles. The number of H-pyrrole nitrogens is 1. The molecule has 0 spiro atoms. The molecule has 3 aromatic rings. The third kappa shape index (κ3) is 4.02. The van der Waals surface area contributed by atoms with Gasteiger partial charge in [-0.15, -0.1) is 0 Å². The van der Waals surface area contributed by atoms with Crippen LogP contribution in [0.1, 0.15) is 29.6 Å². The van der Waals surface area contributed by atoms with Gasteiger partial charge in [-0.25, -0.2) is 22.9 Å². The standard InChI is InChI=1S/C19H18F3N5O2/c1-29-9-15(10-2-4-11(20)5-3-10)24-18(28)25-16-6-14-12(8-23-16)17(27-26-14)13-7-19(13,21)22/h2-6,8,13,15H,7,9H2,1H3,(H,26,27)(H2,23,24,25,28). The molecule has 3 N–H and O–H groups in total. The van der Waals surface area contributed by atoms with E-state index in [0.717, 1.165) is 0 Å². The van der Waals surface area contributed by atoms with Crippen LogP contribution in [0, 0.1) is 5.82 Å². The van der Waals surface area contributed by atoms with E-state index in [1.54, 1.807) is 12.1 Å². The number of carbonyl (C=O) groups is 1. The van der Waals surface area contributed by atoms with Gasteiger partial charge >= 0.3 is 6.03 Å². The van der Waals surface area contributed by atoms with Gasteiger partial charge in [0.25, 0.3) is 5.92 Å². The highest BCUT2D eigenvalue weighted by Gasteiger charge is 2.59. The Labute approximate surface area is 163 Å². The van der Waals surface area contributed by atoms with Gasteiger partial charge in [0.2, 0.25) is 0 Å². The summed E-state index contributed by atoms with van der Waals surface area (Å²) in [6.07, 6.45) is 1.20. The molecule has 0 bridgehead atoms. The summed E-state index contributed by atoms with van der Waals surface area (Å²) in [4.78, 5) is 16.5. The number of methoxy groups -OCH3 is 1. The number of anilines is 1. The van der Waals surface area contributed by atoms with Crippen LogP contribution in [0.3, 0.4) is 0 Å². The van der Waals surface area contributed by atoms with Gasteiger partial charge in [0, 0.05) is 31.2 Å². The van der Waals surface area contributed by atoms with E-state index in [0.29, 0.717) is 22.2 Å². The summed E-state index contributed by atoms with van der Waals surface area (Å²) in [5.74, 6) is -3.76. The molecule has 2 heterocycles. The molecule has 2 amide bonds. The first-order valence-electron chi connectivity index (χ1n) is 8.91. The number of hydrogen-bond acceptors (Lipinski definition) is 4. The lowest BCUT2D eigenvalue weighted by Crippen LogP contribution is -2.35. The van der Waals surface area contributed by atoms with Crippen LogP contribution in [0.4, 0.5) is 23.8 Å². The van der Waals surface area contributed by atoms with Gasteiger partial charge in [-0.05, 0) is 17.7 Å². The lowest BCUT2D eigenvalue weighted by atomic mass is 10.1. The first-order chi connectivity index (χ1) is 13.9. The van der Waals surface area contributed by atoms with Crippen molar-refractivity contribution in [3.05, 3.63) is 53.6 Å². The smallest absolute Gasteiger partial charge is 0.320 e. The quantitative estimate of drug-likeness (QED) is 0.583. The number of halogens is 3. The summed E-state index contributed by atoms with van der Waals surface area (Å²) in [5.41, 5.74) is 1.46. The Balaban J connectivity index is 1.46. The molecule has 2 aromatic heterocycles. The number of urea groups is 1. The Morgan fingerprint density at radius 1 is 1.38 bits per heavy atom. The zero-order valence-corrected chi connectivity index (χ0v) is 15.4. The summed E-state index contributed by atoms with van der Waals surface area (Å²) in [6, 6.07) is 6.16. The second kappa shape index (κ2) is 7.36. The maximum Gasteiger partial charge on any atom is 0.320 e. The van der Waals surface area contributed by atoms with Crippen molar-refractivity contribution < 1.29 is 22.7 Å². The lowest BCUT2D eigenvalue weighted by Gasteiger charge is -2.18. The number of ether oxygens (including phenoxy) is 1. The minimum atomic E-state index is -2.72. The number of hydrogen-bond donors (Lipinski definition) is 3. The molecule has 0 aliphatic heterocycles. The van der Waals surface area contributed by atoms with E-state index < -0.39 is 23.9 Å². The third-order valence-corrected chi connectivity index (χ3v) is 4.80. The highest BCUT2D eigenvalue weighted by Crippen LogP contribution is 2.56. The van der Waals surface area contributed by atoms with E-state index in [9.17, 15) is 18.0 Å². The van der Waals surface area contributed by atoms with Crippen LogP contribution in [0.2, 0.25) is 0 Å². The molecular formula is C19H18F3N5O2. The number of benzene rings is 1. The fourth-order valence-electron chi connectivity index (χ4n) is 3.18. The molecule has 10 heteroatoms. The third-order valence-electron chi connectivity index (χ3n) is 4.80. The molecule has 1 aliphatic rings. The first-order valence-corrected chi connectivity index (χ1v) is 8.91. The number of aromatic amines is 1. The van der Waals surface area contributed by atoms with Crippen molar-refractivity contribution in [3.63, 3.8) is 0 Å². The monoisotopic (exact) mass is 405 g/mol. The van der Waals surface area contributed by atoms with Crippen molar-refractivity contribution in [2.24, 2.45) is 0 Å². The van der Waals surface area contributed by atoms with Gasteiger partial charge in [-0.2, -0.15) is 5.10 Å². The Morgan fingerprint density at radius 2 is 2.10 bits per heavy atom. The number of aromatic nitrogens is 3. The van der Waals surface area contributed by atoms with E-state index in [1.165, 1.54) is 31.5 Å². The molecule has 152 valence electrons. The fourth-order valence-corrected chi connectivity index (χ4v) is 3.18. The van der Waals surface area contributed by atoms with Crippen molar-refractivity contribution in [3.8, 4) is 0 Å². The highest BCUT2D eigenvalue weighted by molar-refractivity contribution is 5.91. The van der Waals surface area contributed by atoms with Crippen LogP contribution in [0.5, 0.6) is 0 Å². The molecule has 29 heavy (non-hydrogen) atoms. The minimum Gasteiger partial charge on any atom is -0.382 e. The molecule has 0 radical (unpaired) electrons. The van der Waals surface area contributed by atoms with E-state index >= 15 is 0 Å². The Morgan fingerprint density at radius 3 is 2.76 bits per heavy atom. The Bertz CT molecular complexity index is 1040. The molecule has 1 fully saturated rings. The molecule has 1 aliphatic carbocycles. The summed E-state index contributed by atoms with van der Waals surface area (Å²) < 4.78 is 44.9. The summed E-state index contributed by atoms with van der Waals surface area (Å²) in [6.45, 7) is 0.184. The van der Waals surface area contributed by atoms with Crippen LogP contribution >= 0.6 is 0 Å². The van der Waals surface area contributed by atoms with E-state index in [-0.39, 0.29) is 24.7 Å². The topological polar surface area (TPSA) is 91.9 Å². The van der Waals surface area contributed by atoms with Crippen molar-refractivity contribution in [2.45, 2.75) is 24.3 Å². The van der Waals surface area contributed by atoms with Gasteiger partial charge in [0.15, 0.2) is 0 Å². The lowest BCUT2D eigenvalue weighted by molar-refractivity contribution is 0.111. The van der Waals surface area contributed by atoms with E-state index in [1.807, 2.05) is 0 Å². The second-order valence-corrected chi connectivity index (χ2v) is 6.90. The summed E-state index contributed by atoms with van der Waals surface area (Å²) in [7, 11) is 1.49. The number of nitrogens with zero attached hydrogens (tertiary/aromatic N) is 2. The van der Waals surface area contributed by atoms with Gasteiger partial charge < -0.3 is 10.1 Å². The second-order valence-electron chi connectivity index (χ2n) is 6.90. The Hall–Kier alpha value is -3.14. The number of fused-ring (bicyclic) bond motifs is 1. The number of amides is 2. The maximum absolute atomic E-state index is 13.3. The maximum atomic E-state index is 13.3. The average molecular weight is 405 g/mol. The molecule has 7 nitrogen and oxygen atoms in total. The number of pyridine rings is 1. The minimum absolute atomic E-state index is 0.184. The average Bonchev–Trinajstić information content (AvgIpc) is 3.11. The number of rotatable bonds is 6. The molecule has 1 saturated carbocycles. The van der Waals surface area contributed by atoms with Crippen LogP contribution in [-0.2, 0) is 4.74 Å². The van der Waals surface area contributed by atoms with Gasteiger partial charge in [-0.3, -0.25) is 10.4 Å². The Kier molecular flexibility index (Phi) is 4.87. The van der Waals surface area contributed by atoms with E-state index in [4.69, 9.17) is 4.74 Å². The van der Waals surface area contributed by atoms with Crippen molar-refractivity contribution >= 4 is 22.8 Å². The molecule has 2 unspecified atom stereocenters. The predicted molar refractivity (Wildman–Crippen MR) is 99.4 cm³/mol. The van der Waals surface area contributed by atoms with Crippen molar-refractivity contribution in [1.29, 1.82) is 0 Å². The molecule has 4 rings (SSSR count). The van der Waals surface area contributed by atoms with Gasteiger partial charge in [-0.1, -0.05) is 12.1 Å². The SMILES string of the molecule is COCC(NC(=O)Nc1cc2n[nH]c(C3CC3(F)F)c2cn1)c1ccc(F)cc1. The van der Waals surface area contributed by atoms with Crippen molar-refractivity contribution in [2.75, 3.05) is 19.0 Å². The number of nitrogens with one attached hydrogen (secondary N) is 3. The highest BCUT2D eigenvalue weighted by atomic mass is 19.3. The molecule has 2 atom stereocenters. The van der Waals surface area contributed by atoms with Crippen molar-refractivity contribution in [1.82, 2.24) is 20.5 Å². The fraction of sp³-hybridized carbons (Fsp3) is 0.316. The van der Waals surface area contributed by atoms with Crippen LogP contribution < -0.4 is 10.6 Å². The van der Waals surface area contributed by atoms with Crippen LogP contribution in [0.15, 0.2) is 36.5 Å². The molecule has 0 saturated heterocycles. The zero-order valence-electron chi connectivity index (χ0n) is 15.4. The van der Waals surface area contributed by atoms with Gasteiger partial charge in [0.1, 0.15) is 11.6 Å². The first kappa shape index (κ1) is 19.2. The summed E-state index contributed by atoms with van der Waals surface area (Å²) >= 11 is 0.